The van der Waals surface area contributed by atoms with Crippen LogP contribution in [0.2, 0.25) is 0 Å². The Kier molecular flexibility index (Phi) is 6.59. The van der Waals surface area contributed by atoms with Crippen LogP contribution in [0.1, 0.15) is 24.0 Å². The molecule has 144 valence electrons. The molecule has 2 amide bonds. The number of nitrogens with one attached hydrogen (secondary N) is 1. The van der Waals surface area contributed by atoms with Gasteiger partial charge < -0.3 is 5.32 Å². The van der Waals surface area contributed by atoms with E-state index < -0.39 is 5.82 Å². The summed E-state index contributed by atoms with van der Waals surface area (Å²) < 4.78 is 13.6. The number of amides is 2. The second-order valence-corrected chi connectivity index (χ2v) is 8.08. The molecule has 2 aromatic carbocycles. The first-order valence-corrected chi connectivity index (χ1v) is 10.0. The number of nitrogens with zero attached hydrogens (tertiary/aromatic N) is 1. The van der Waals surface area contributed by atoms with E-state index in [1.54, 1.807) is 6.07 Å². The van der Waals surface area contributed by atoms with Crippen LogP contribution in [-0.2, 0) is 9.59 Å². The molecular weight excluding hydrogens is 395 g/mol. The predicted octanol–water partition coefficient (Wildman–Crippen LogP) is 4.75. The Hall–Kier alpha value is -2.51. The number of carbonyl (C=O) groups excluding carboxylic acids is 2. The van der Waals surface area contributed by atoms with Gasteiger partial charge in [-0.25, -0.2) is 4.39 Å². The molecule has 0 spiro atoms. The molecule has 4 nitrogen and oxygen atoms in total. The van der Waals surface area contributed by atoms with Gasteiger partial charge in [0.05, 0.1) is 4.91 Å². The smallest absolute Gasteiger partial charge is 0.266 e. The van der Waals surface area contributed by atoms with E-state index in [9.17, 15) is 14.0 Å². The lowest BCUT2D eigenvalue weighted by atomic mass is 10.1. The van der Waals surface area contributed by atoms with E-state index in [1.165, 1.54) is 34.9 Å². The van der Waals surface area contributed by atoms with Gasteiger partial charge in [0.25, 0.3) is 5.91 Å². The normalized spacial score (nSPS) is 15.4. The van der Waals surface area contributed by atoms with Crippen LogP contribution in [0.15, 0.2) is 53.4 Å². The van der Waals surface area contributed by atoms with E-state index in [4.69, 9.17) is 12.2 Å². The molecule has 2 aromatic rings. The molecule has 0 unspecified atom stereocenters. The molecule has 1 fully saturated rings. The summed E-state index contributed by atoms with van der Waals surface area (Å²) >= 11 is 6.59. The lowest BCUT2D eigenvalue weighted by molar-refractivity contribution is -0.122. The number of rotatable bonds is 6. The van der Waals surface area contributed by atoms with Crippen LogP contribution in [0.25, 0.3) is 6.08 Å². The monoisotopic (exact) mass is 414 g/mol. The largest absolute Gasteiger partial charge is 0.326 e. The van der Waals surface area contributed by atoms with Crippen molar-refractivity contribution in [1.82, 2.24) is 4.90 Å². The first-order chi connectivity index (χ1) is 13.4. The number of thiocarbonyl (C=S) groups is 1. The minimum Gasteiger partial charge on any atom is -0.326 e. The quantitative estimate of drug-likeness (QED) is 0.547. The van der Waals surface area contributed by atoms with Crippen LogP contribution in [0.4, 0.5) is 10.1 Å². The lowest BCUT2D eigenvalue weighted by Crippen LogP contribution is -2.29. The zero-order chi connectivity index (χ0) is 20.1. The van der Waals surface area contributed by atoms with Gasteiger partial charge in [-0.3, -0.25) is 14.5 Å². The summed E-state index contributed by atoms with van der Waals surface area (Å²) in [5, 5.41) is 2.64. The van der Waals surface area contributed by atoms with Crippen LogP contribution >= 0.6 is 24.0 Å². The molecule has 7 heteroatoms. The van der Waals surface area contributed by atoms with Gasteiger partial charge in [-0.1, -0.05) is 59.9 Å². The Morgan fingerprint density at radius 2 is 2.00 bits per heavy atom. The van der Waals surface area contributed by atoms with Crippen molar-refractivity contribution in [3.05, 3.63) is 70.4 Å². The number of halogens is 1. The fourth-order valence-electron chi connectivity index (χ4n) is 2.69. The minimum atomic E-state index is -0.407. The maximum atomic E-state index is 13.2. The van der Waals surface area contributed by atoms with Gasteiger partial charge >= 0.3 is 0 Å². The molecule has 0 bridgehead atoms. The lowest BCUT2D eigenvalue weighted by Gasteiger charge is -2.14. The topological polar surface area (TPSA) is 49.4 Å². The number of hydrogen-bond acceptors (Lipinski definition) is 4. The molecule has 1 saturated heterocycles. The van der Waals surface area contributed by atoms with Crippen molar-refractivity contribution >= 4 is 51.9 Å². The number of hydrogen-bond donors (Lipinski definition) is 1. The molecule has 1 aliphatic heterocycles. The van der Waals surface area contributed by atoms with Crippen molar-refractivity contribution < 1.29 is 14.0 Å². The molecule has 0 aliphatic carbocycles. The molecule has 0 aromatic heterocycles. The molecule has 1 heterocycles. The average molecular weight is 415 g/mol. The zero-order valence-electron chi connectivity index (χ0n) is 15.3. The van der Waals surface area contributed by atoms with Crippen LogP contribution in [0, 0.1) is 12.7 Å². The molecular formula is C21H19FN2O2S2. The average Bonchev–Trinajstić information content (AvgIpc) is 2.91. The predicted molar refractivity (Wildman–Crippen MR) is 115 cm³/mol. The highest BCUT2D eigenvalue weighted by Gasteiger charge is 2.31. The third-order valence-electron chi connectivity index (χ3n) is 4.14. The number of anilines is 1. The van der Waals surface area contributed by atoms with Crippen molar-refractivity contribution in [2.24, 2.45) is 0 Å². The fraction of sp³-hybridized carbons (Fsp3) is 0.190. The van der Waals surface area contributed by atoms with Crippen molar-refractivity contribution in [1.29, 1.82) is 0 Å². The highest BCUT2D eigenvalue weighted by molar-refractivity contribution is 8.26. The van der Waals surface area contributed by atoms with Crippen molar-refractivity contribution in [3.63, 3.8) is 0 Å². The summed E-state index contributed by atoms with van der Waals surface area (Å²) in [5.41, 5.74) is 2.51. The molecule has 28 heavy (non-hydrogen) atoms. The SMILES string of the molecule is Cc1ccc(/C=C2\SC(=S)N(CCCC(=O)Nc3cccc(F)c3)C2=O)cc1. The van der Waals surface area contributed by atoms with Crippen molar-refractivity contribution in [2.75, 3.05) is 11.9 Å². The van der Waals surface area contributed by atoms with Crippen LogP contribution in [0.3, 0.4) is 0 Å². The zero-order valence-corrected chi connectivity index (χ0v) is 16.9. The molecule has 3 rings (SSSR count). The second-order valence-electron chi connectivity index (χ2n) is 6.41. The number of benzene rings is 2. The molecule has 1 aliphatic rings. The van der Waals surface area contributed by atoms with E-state index >= 15 is 0 Å². The maximum Gasteiger partial charge on any atom is 0.266 e. The van der Waals surface area contributed by atoms with Gasteiger partial charge in [0.15, 0.2) is 0 Å². The third-order valence-corrected chi connectivity index (χ3v) is 5.52. The van der Waals surface area contributed by atoms with E-state index in [1.807, 2.05) is 37.3 Å². The van der Waals surface area contributed by atoms with E-state index in [0.29, 0.717) is 27.9 Å². The Labute approximate surface area is 172 Å². The summed E-state index contributed by atoms with van der Waals surface area (Å²) in [7, 11) is 0. The van der Waals surface area contributed by atoms with Gasteiger partial charge in [-0.15, -0.1) is 0 Å². The number of carbonyl (C=O) groups is 2. The third kappa shape index (κ3) is 5.27. The van der Waals surface area contributed by atoms with Crippen LogP contribution < -0.4 is 5.32 Å². The summed E-state index contributed by atoms with van der Waals surface area (Å²) in [4.78, 5) is 26.7. The van der Waals surface area contributed by atoms with E-state index in [0.717, 1.165) is 11.1 Å². The highest BCUT2D eigenvalue weighted by atomic mass is 32.2. The summed E-state index contributed by atoms with van der Waals surface area (Å²) in [5.74, 6) is -0.775. The van der Waals surface area contributed by atoms with Gasteiger partial charge in [0, 0.05) is 18.7 Å². The van der Waals surface area contributed by atoms with Crippen molar-refractivity contribution in [3.8, 4) is 0 Å². The van der Waals surface area contributed by atoms with E-state index in [-0.39, 0.29) is 18.2 Å². The first-order valence-electron chi connectivity index (χ1n) is 8.80. The van der Waals surface area contributed by atoms with Gasteiger partial charge in [-0.05, 0) is 43.2 Å². The number of thioether (sulfide) groups is 1. The first kappa shape index (κ1) is 20.2. The summed E-state index contributed by atoms with van der Waals surface area (Å²) in [6.45, 7) is 2.38. The Morgan fingerprint density at radius 1 is 1.25 bits per heavy atom. The number of aryl methyl sites for hydroxylation is 1. The Balaban J connectivity index is 1.53. The molecule has 0 radical (unpaired) electrons. The van der Waals surface area contributed by atoms with Gasteiger partial charge in [0.1, 0.15) is 10.1 Å². The van der Waals surface area contributed by atoms with Gasteiger partial charge in [0.2, 0.25) is 5.91 Å². The molecule has 1 N–H and O–H groups in total. The van der Waals surface area contributed by atoms with E-state index in [2.05, 4.69) is 5.32 Å². The summed E-state index contributed by atoms with van der Waals surface area (Å²) in [6.07, 6.45) is 2.51. The Morgan fingerprint density at radius 3 is 2.71 bits per heavy atom. The molecule has 0 saturated carbocycles. The maximum absolute atomic E-state index is 13.2. The van der Waals surface area contributed by atoms with Crippen molar-refractivity contribution in [2.45, 2.75) is 19.8 Å². The van der Waals surface area contributed by atoms with Gasteiger partial charge in [-0.2, -0.15) is 0 Å². The second kappa shape index (κ2) is 9.12. The highest BCUT2D eigenvalue weighted by Crippen LogP contribution is 2.32. The Bertz CT molecular complexity index is 942. The van der Waals surface area contributed by atoms with Crippen LogP contribution in [-0.4, -0.2) is 27.6 Å². The minimum absolute atomic E-state index is 0.138. The fourth-order valence-corrected chi connectivity index (χ4v) is 4.00. The standard InChI is InChI=1S/C21H19FN2O2S2/c1-14-7-9-15(10-8-14)12-18-20(26)24(21(27)28-18)11-3-6-19(25)23-17-5-2-4-16(22)13-17/h2,4-5,7-10,12-13H,3,6,11H2,1H3,(H,23,25)/b18-12-. The molecule has 0 atom stereocenters. The van der Waals surface area contributed by atoms with Crippen LogP contribution in [0.5, 0.6) is 0 Å². The summed E-state index contributed by atoms with van der Waals surface area (Å²) in [6, 6.07) is 13.6.